The average molecular weight is 462 g/mol. The fourth-order valence-corrected chi connectivity index (χ4v) is 4.67. The Balaban J connectivity index is 0.00000300. The van der Waals surface area contributed by atoms with E-state index in [1.54, 1.807) is 23.9 Å². The summed E-state index contributed by atoms with van der Waals surface area (Å²) in [4.78, 5) is 38.0. The minimum Gasteiger partial charge on any atom is -0.480 e. The van der Waals surface area contributed by atoms with E-state index < -0.39 is 12.0 Å². The number of benzene rings is 1. The Bertz CT molecular complexity index is 729. The quantitative estimate of drug-likeness (QED) is 0.574. The smallest absolute Gasteiger partial charge is 0.326 e. The first-order chi connectivity index (χ1) is 13.5. The van der Waals surface area contributed by atoms with Crippen molar-refractivity contribution in [3.8, 4) is 0 Å². The zero-order valence-electron chi connectivity index (χ0n) is 15.8. The van der Waals surface area contributed by atoms with E-state index in [9.17, 15) is 19.5 Å². The minimum absolute atomic E-state index is 0. The Morgan fingerprint density at radius 2 is 2.03 bits per heavy atom. The van der Waals surface area contributed by atoms with Gasteiger partial charge in [0.1, 0.15) is 6.04 Å². The van der Waals surface area contributed by atoms with E-state index in [4.69, 9.17) is 11.6 Å². The third-order valence-corrected chi connectivity index (χ3v) is 6.37. The van der Waals surface area contributed by atoms with Gasteiger partial charge in [-0.05, 0) is 30.5 Å². The lowest BCUT2D eigenvalue weighted by Crippen LogP contribution is -2.44. The summed E-state index contributed by atoms with van der Waals surface area (Å²) >= 11 is 7.64. The van der Waals surface area contributed by atoms with E-state index in [0.29, 0.717) is 31.0 Å². The second-order valence-corrected chi connectivity index (χ2v) is 8.52. The molecular formula is C19H25Cl2N3O4S. The van der Waals surface area contributed by atoms with E-state index in [-0.39, 0.29) is 42.6 Å². The summed E-state index contributed by atoms with van der Waals surface area (Å²) in [6.07, 6.45) is 1.31. The third kappa shape index (κ3) is 6.25. The van der Waals surface area contributed by atoms with Gasteiger partial charge in [0.25, 0.3) is 0 Å². The molecule has 0 spiro atoms. The summed E-state index contributed by atoms with van der Waals surface area (Å²) in [7, 11) is 0. The van der Waals surface area contributed by atoms with E-state index in [2.05, 4.69) is 10.6 Å². The lowest BCUT2D eigenvalue weighted by molar-refractivity contribution is -0.148. The minimum atomic E-state index is -0.966. The molecule has 3 atom stereocenters. The number of hydrogen-bond donors (Lipinski definition) is 3. The van der Waals surface area contributed by atoms with Crippen LogP contribution in [-0.2, 0) is 14.4 Å². The molecule has 2 heterocycles. The van der Waals surface area contributed by atoms with Crippen LogP contribution in [0.5, 0.6) is 0 Å². The number of carboxylic acids is 1. The Hall–Kier alpha value is -1.48. The van der Waals surface area contributed by atoms with Crippen LogP contribution in [0, 0.1) is 0 Å². The number of carboxylic acid groups (broad SMARTS) is 1. The van der Waals surface area contributed by atoms with Gasteiger partial charge in [-0.1, -0.05) is 23.7 Å². The monoisotopic (exact) mass is 461 g/mol. The number of likely N-dealkylation sites (tertiary alicyclic amines) is 1. The normalized spacial score (nSPS) is 22.0. The SMILES string of the molecule is Cl.O=C(NC[C@H](CC(=O)N1CCC[C@H]1C(=O)O)c1ccc(Cl)cc1)[C@@H]1CSCN1. The van der Waals surface area contributed by atoms with Gasteiger partial charge in [0.05, 0.1) is 6.04 Å². The Morgan fingerprint density at radius 3 is 2.66 bits per heavy atom. The molecule has 160 valence electrons. The van der Waals surface area contributed by atoms with Crippen LogP contribution in [0.3, 0.4) is 0 Å². The molecule has 0 bridgehead atoms. The van der Waals surface area contributed by atoms with Crippen LogP contribution in [0.25, 0.3) is 0 Å². The van der Waals surface area contributed by atoms with Gasteiger partial charge in [-0.25, -0.2) is 4.79 Å². The van der Waals surface area contributed by atoms with Crippen molar-refractivity contribution >= 4 is 53.6 Å². The van der Waals surface area contributed by atoms with E-state index in [1.165, 1.54) is 4.90 Å². The zero-order chi connectivity index (χ0) is 20.1. The maximum atomic E-state index is 12.8. The number of nitrogens with zero attached hydrogens (tertiary/aromatic N) is 1. The Kier molecular flexibility index (Phi) is 9.07. The standard InChI is InChI=1S/C19H24ClN3O4S.ClH/c20-14-5-3-12(4-6-14)13(9-21-18(25)15-10-28-11-22-15)8-17(24)23-7-1-2-16(23)19(26)27;/h3-6,13,15-16,22H,1-2,7-11H2,(H,21,25)(H,26,27);1H/t13-,15-,16-;/m0./s1. The largest absolute Gasteiger partial charge is 0.480 e. The van der Waals surface area contributed by atoms with Gasteiger partial charge in [-0.2, -0.15) is 0 Å². The van der Waals surface area contributed by atoms with E-state index in [0.717, 1.165) is 17.2 Å². The number of carbonyl (C=O) groups is 3. The second kappa shape index (κ2) is 11.1. The van der Waals surface area contributed by atoms with Crippen molar-refractivity contribution in [1.29, 1.82) is 0 Å². The Morgan fingerprint density at radius 1 is 1.31 bits per heavy atom. The molecule has 2 aliphatic rings. The molecule has 2 fully saturated rings. The van der Waals surface area contributed by atoms with Gasteiger partial charge in [0.2, 0.25) is 11.8 Å². The molecule has 1 aromatic rings. The molecule has 2 aliphatic heterocycles. The number of aliphatic carboxylic acids is 1. The van der Waals surface area contributed by atoms with Gasteiger partial charge in [0, 0.05) is 42.1 Å². The lowest BCUT2D eigenvalue weighted by atomic mass is 9.94. The molecule has 2 saturated heterocycles. The molecular weight excluding hydrogens is 437 g/mol. The fourth-order valence-electron chi connectivity index (χ4n) is 3.60. The van der Waals surface area contributed by atoms with Crippen molar-refractivity contribution in [1.82, 2.24) is 15.5 Å². The van der Waals surface area contributed by atoms with Gasteiger partial charge in [-0.3, -0.25) is 14.9 Å². The summed E-state index contributed by atoms with van der Waals surface area (Å²) in [5.41, 5.74) is 0.887. The molecule has 0 unspecified atom stereocenters. The van der Waals surface area contributed by atoms with Crippen LogP contribution in [0.4, 0.5) is 0 Å². The summed E-state index contributed by atoms with van der Waals surface area (Å²) in [6, 6.07) is 6.21. The number of rotatable bonds is 7. The van der Waals surface area contributed by atoms with Gasteiger partial charge >= 0.3 is 5.97 Å². The van der Waals surface area contributed by atoms with E-state index in [1.807, 2.05) is 12.1 Å². The summed E-state index contributed by atoms with van der Waals surface area (Å²) in [5, 5.41) is 16.0. The molecule has 0 radical (unpaired) electrons. The first kappa shape index (κ1) is 23.8. The van der Waals surface area contributed by atoms with E-state index >= 15 is 0 Å². The van der Waals surface area contributed by atoms with Crippen LogP contribution in [-0.4, -0.2) is 64.6 Å². The highest BCUT2D eigenvalue weighted by Crippen LogP contribution is 2.25. The van der Waals surface area contributed by atoms with Crippen LogP contribution in [0.2, 0.25) is 5.02 Å². The van der Waals surface area contributed by atoms with Crippen molar-refractivity contribution in [2.75, 3.05) is 24.7 Å². The first-order valence-corrected chi connectivity index (χ1v) is 10.9. The van der Waals surface area contributed by atoms with Crippen molar-refractivity contribution in [2.45, 2.75) is 37.3 Å². The van der Waals surface area contributed by atoms with Crippen LogP contribution >= 0.6 is 35.8 Å². The van der Waals surface area contributed by atoms with Crippen LogP contribution in [0.15, 0.2) is 24.3 Å². The maximum absolute atomic E-state index is 12.8. The molecule has 0 aliphatic carbocycles. The van der Waals surface area contributed by atoms with Crippen molar-refractivity contribution in [3.05, 3.63) is 34.9 Å². The number of halogens is 2. The molecule has 2 amide bonds. The first-order valence-electron chi connectivity index (χ1n) is 9.32. The second-order valence-electron chi connectivity index (χ2n) is 7.05. The summed E-state index contributed by atoms with van der Waals surface area (Å²) in [6.45, 7) is 0.763. The molecule has 3 N–H and O–H groups in total. The average Bonchev–Trinajstić information content (AvgIpc) is 3.37. The molecule has 1 aromatic carbocycles. The van der Waals surface area contributed by atoms with Crippen molar-refractivity contribution in [3.63, 3.8) is 0 Å². The van der Waals surface area contributed by atoms with Gasteiger partial charge in [-0.15, -0.1) is 24.2 Å². The highest BCUT2D eigenvalue weighted by molar-refractivity contribution is 7.99. The predicted molar refractivity (Wildman–Crippen MR) is 116 cm³/mol. The lowest BCUT2D eigenvalue weighted by Gasteiger charge is -2.25. The molecule has 7 nitrogen and oxygen atoms in total. The predicted octanol–water partition coefficient (Wildman–Crippen LogP) is 2.09. The van der Waals surface area contributed by atoms with Crippen molar-refractivity contribution < 1.29 is 19.5 Å². The number of amides is 2. The van der Waals surface area contributed by atoms with Gasteiger partial charge < -0.3 is 15.3 Å². The number of thioether (sulfide) groups is 1. The van der Waals surface area contributed by atoms with Crippen LogP contribution in [0.1, 0.15) is 30.7 Å². The Labute approximate surface area is 185 Å². The molecule has 0 saturated carbocycles. The highest BCUT2D eigenvalue weighted by atomic mass is 35.5. The molecule has 10 heteroatoms. The van der Waals surface area contributed by atoms with Crippen molar-refractivity contribution in [2.24, 2.45) is 0 Å². The number of carbonyl (C=O) groups excluding carboxylic acids is 2. The summed E-state index contributed by atoms with van der Waals surface area (Å²) in [5.74, 6) is -0.0212. The molecule has 3 rings (SSSR count). The maximum Gasteiger partial charge on any atom is 0.326 e. The molecule has 29 heavy (non-hydrogen) atoms. The zero-order valence-corrected chi connectivity index (χ0v) is 18.2. The van der Waals surface area contributed by atoms with Crippen LogP contribution < -0.4 is 10.6 Å². The number of nitrogens with one attached hydrogen (secondary N) is 2. The third-order valence-electron chi connectivity index (χ3n) is 5.18. The topological polar surface area (TPSA) is 98.7 Å². The van der Waals surface area contributed by atoms with Gasteiger partial charge in [0.15, 0.2) is 0 Å². The number of hydrogen-bond acceptors (Lipinski definition) is 5. The fraction of sp³-hybridized carbons (Fsp3) is 0.526. The molecule has 0 aromatic heterocycles. The summed E-state index contributed by atoms with van der Waals surface area (Å²) < 4.78 is 0. The highest BCUT2D eigenvalue weighted by Gasteiger charge is 2.35.